The lowest BCUT2D eigenvalue weighted by Crippen LogP contribution is -2.38. The number of nitrogens with one attached hydrogen (secondary N) is 1. The Morgan fingerprint density at radius 2 is 1.69 bits per heavy atom. The zero-order valence-corrected chi connectivity index (χ0v) is 22.5. The Labute approximate surface area is 217 Å². The Bertz CT molecular complexity index is 1120. The van der Waals surface area contributed by atoms with Crippen molar-refractivity contribution in [1.29, 1.82) is 0 Å². The van der Waals surface area contributed by atoms with Gasteiger partial charge >= 0.3 is 6.03 Å². The summed E-state index contributed by atoms with van der Waals surface area (Å²) in [5.74, 6) is 1.49. The number of rotatable bonds is 6. The summed E-state index contributed by atoms with van der Waals surface area (Å²) in [4.78, 5) is 22.3. The second-order valence-corrected chi connectivity index (χ2v) is 10.8. The van der Waals surface area contributed by atoms with Crippen LogP contribution < -0.4 is 10.2 Å². The maximum atomic E-state index is 13.3. The predicted molar refractivity (Wildman–Crippen MR) is 146 cm³/mol. The van der Waals surface area contributed by atoms with Crippen molar-refractivity contribution < 1.29 is 4.79 Å². The van der Waals surface area contributed by atoms with Gasteiger partial charge in [-0.3, -0.25) is 0 Å². The van der Waals surface area contributed by atoms with Crippen molar-refractivity contribution in [3.63, 3.8) is 0 Å². The number of aromatic nitrogens is 2. The van der Waals surface area contributed by atoms with Crippen LogP contribution in [-0.2, 0) is 6.42 Å². The molecule has 0 radical (unpaired) electrons. The molecule has 0 bridgehead atoms. The number of anilines is 2. The van der Waals surface area contributed by atoms with E-state index in [9.17, 15) is 4.79 Å². The third-order valence-electron chi connectivity index (χ3n) is 6.39. The molecule has 186 valence electrons. The van der Waals surface area contributed by atoms with Gasteiger partial charge in [0.05, 0.1) is 0 Å². The number of amides is 2. The van der Waals surface area contributed by atoms with E-state index in [0.29, 0.717) is 24.8 Å². The molecule has 0 saturated carbocycles. The number of hydrogen-bond acceptors (Lipinski definition) is 5. The summed E-state index contributed by atoms with van der Waals surface area (Å²) in [6.45, 7) is 11.7. The van der Waals surface area contributed by atoms with E-state index in [4.69, 9.17) is 16.6 Å². The summed E-state index contributed by atoms with van der Waals surface area (Å²) >= 11 is 7.42. The number of carbonyl (C=O) groups is 1. The van der Waals surface area contributed by atoms with Crippen LogP contribution in [0.5, 0.6) is 0 Å². The smallest absolute Gasteiger partial charge is 0.321 e. The van der Waals surface area contributed by atoms with Crippen molar-refractivity contribution in [1.82, 2.24) is 14.3 Å². The summed E-state index contributed by atoms with van der Waals surface area (Å²) in [7, 11) is 0. The summed E-state index contributed by atoms with van der Waals surface area (Å²) < 4.78 is 4.57. The fraction of sp³-hybridized carbons (Fsp3) is 0.444. The van der Waals surface area contributed by atoms with E-state index in [1.165, 1.54) is 22.7 Å². The Balaban J connectivity index is 1.40. The first kappa shape index (κ1) is 25.5. The Kier molecular flexibility index (Phi) is 8.29. The summed E-state index contributed by atoms with van der Waals surface area (Å²) in [5, 5.41) is 4.91. The van der Waals surface area contributed by atoms with Crippen LogP contribution in [-0.4, -0.2) is 46.5 Å². The quantitative estimate of drug-likeness (QED) is 0.396. The third-order valence-corrected chi connectivity index (χ3v) is 7.46. The van der Waals surface area contributed by atoms with Gasteiger partial charge in [-0.05, 0) is 47.1 Å². The monoisotopic (exact) mass is 511 g/mol. The molecule has 0 aliphatic carbocycles. The highest BCUT2D eigenvalue weighted by Gasteiger charge is 2.23. The van der Waals surface area contributed by atoms with Gasteiger partial charge in [0.1, 0.15) is 5.82 Å². The zero-order chi connectivity index (χ0) is 24.9. The van der Waals surface area contributed by atoms with Crippen molar-refractivity contribution >= 4 is 40.0 Å². The van der Waals surface area contributed by atoms with Gasteiger partial charge in [0.2, 0.25) is 5.13 Å². The zero-order valence-electron chi connectivity index (χ0n) is 20.9. The molecule has 0 unspecified atom stereocenters. The van der Waals surface area contributed by atoms with Gasteiger partial charge in [-0.15, -0.1) is 0 Å². The summed E-state index contributed by atoms with van der Waals surface area (Å²) in [6.07, 6.45) is 1.58. The third kappa shape index (κ3) is 6.33. The van der Waals surface area contributed by atoms with E-state index in [1.54, 1.807) is 0 Å². The molecule has 3 aromatic rings. The fourth-order valence-electron chi connectivity index (χ4n) is 4.42. The Morgan fingerprint density at radius 3 is 2.34 bits per heavy atom. The Hall–Kier alpha value is -2.64. The minimum atomic E-state index is -0.0254. The molecule has 0 atom stereocenters. The topological polar surface area (TPSA) is 61.4 Å². The highest BCUT2D eigenvalue weighted by molar-refractivity contribution is 7.09. The number of nitrogens with zero attached hydrogens (tertiary/aromatic N) is 4. The number of para-hydroxylation sites is 1. The van der Waals surface area contributed by atoms with Gasteiger partial charge in [0.25, 0.3) is 0 Å². The molecule has 2 heterocycles. The van der Waals surface area contributed by atoms with E-state index < -0.39 is 0 Å². The summed E-state index contributed by atoms with van der Waals surface area (Å²) in [5.41, 5.74) is 4.48. The van der Waals surface area contributed by atoms with E-state index in [0.717, 1.165) is 53.3 Å². The van der Waals surface area contributed by atoms with Crippen molar-refractivity contribution in [2.24, 2.45) is 0 Å². The molecule has 2 aromatic carbocycles. The number of halogens is 1. The molecular formula is C27H34ClN5OS. The second-order valence-electron chi connectivity index (χ2n) is 9.68. The van der Waals surface area contributed by atoms with E-state index >= 15 is 0 Å². The normalized spacial score (nSPS) is 14.5. The van der Waals surface area contributed by atoms with Gasteiger partial charge in [-0.1, -0.05) is 69.6 Å². The second kappa shape index (κ2) is 11.4. The van der Waals surface area contributed by atoms with Crippen LogP contribution in [0, 0.1) is 0 Å². The molecule has 0 spiro atoms. The molecule has 8 heteroatoms. The molecule has 2 amide bonds. The Morgan fingerprint density at radius 1 is 1.00 bits per heavy atom. The number of urea groups is 1. The van der Waals surface area contributed by atoms with Crippen LogP contribution in [0.1, 0.15) is 68.5 Å². The molecule has 6 nitrogen and oxygen atoms in total. The number of carbonyl (C=O) groups excluding carboxylic acids is 1. The molecule has 1 aliphatic heterocycles. The minimum Gasteiger partial charge on any atom is -0.345 e. The average Bonchev–Trinajstić information content (AvgIpc) is 3.14. The average molecular weight is 512 g/mol. The van der Waals surface area contributed by atoms with Gasteiger partial charge in [0, 0.05) is 54.8 Å². The maximum Gasteiger partial charge on any atom is 0.321 e. The molecule has 4 rings (SSSR count). The number of hydrogen-bond donors (Lipinski definition) is 1. The predicted octanol–water partition coefficient (Wildman–Crippen LogP) is 6.77. The molecule has 1 saturated heterocycles. The van der Waals surface area contributed by atoms with Crippen molar-refractivity contribution in [2.75, 3.05) is 36.4 Å². The van der Waals surface area contributed by atoms with Gasteiger partial charge in [0.15, 0.2) is 0 Å². The van der Waals surface area contributed by atoms with Crippen molar-refractivity contribution in [2.45, 2.75) is 52.4 Å². The molecular weight excluding hydrogens is 478 g/mol. The highest BCUT2D eigenvalue weighted by atomic mass is 35.5. The van der Waals surface area contributed by atoms with E-state index in [-0.39, 0.29) is 6.03 Å². The van der Waals surface area contributed by atoms with Crippen LogP contribution in [0.4, 0.5) is 15.6 Å². The van der Waals surface area contributed by atoms with Crippen LogP contribution in [0.15, 0.2) is 42.5 Å². The standard InChI is InChI=1S/C27H34ClN5OS/c1-18(2)22-7-5-8-23(19(3)4)25(22)30-26(34)32-13-6-14-33(16-15-32)27-29-24(31-35-27)17-20-9-11-21(28)12-10-20/h5,7-12,18-19H,6,13-17H2,1-4H3,(H,30,34). The SMILES string of the molecule is CC(C)c1cccc(C(C)C)c1NC(=O)N1CCCN(c2nc(Cc3ccc(Cl)cc3)ns2)CC1. The van der Waals surface area contributed by atoms with E-state index in [2.05, 4.69) is 60.5 Å². The first-order valence-corrected chi connectivity index (χ1v) is 13.5. The molecule has 1 fully saturated rings. The van der Waals surface area contributed by atoms with Gasteiger partial charge in [-0.2, -0.15) is 4.37 Å². The van der Waals surface area contributed by atoms with Crippen molar-refractivity contribution in [3.8, 4) is 0 Å². The van der Waals surface area contributed by atoms with Crippen molar-refractivity contribution in [3.05, 3.63) is 70.0 Å². The molecule has 1 aliphatic rings. The van der Waals surface area contributed by atoms with Gasteiger partial charge in [-0.25, -0.2) is 9.78 Å². The highest BCUT2D eigenvalue weighted by Crippen LogP contribution is 2.32. The lowest BCUT2D eigenvalue weighted by molar-refractivity contribution is 0.215. The van der Waals surface area contributed by atoms with E-state index in [1.807, 2.05) is 29.2 Å². The fourth-order valence-corrected chi connectivity index (χ4v) is 5.29. The maximum absolute atomic E-state index is 13.3. The molecule has 1 N–H and O–H groups in total. The van der Waals surface area contributed by atoms with Gasteiger partial charge < -0.3 is 15.1 Å². The lowest BCUT2D eigenvalue weighted by atomic mass is 9.93. The first-order chi connectivity index (χ1) is 16.8. The minimum absolute atomic E-state index is 0.0254. The first-order valence-electron chi connectivity index (χ1n) is 12.3. The van der Waals surface area contributed by atoms with Crippen LogP contribution >= 0.6 is 23.1 Å². The van der Waals surface area contributed by atoms with Crippen LogP contribution in [0.3, 0.4) is 0 Å². The molecule has 35 heavy (non-hydrogen) atoms. The summed E-state index contributed by atoms with van der Waals surface area (Å²) in [6, 6.07) is 14.1. The van der Waals surface area contributed by atoms with Crippen LogP contribution in [0.25, 0.3) is 0 Å². The largest absolute Gasteiger partial charge is 0.345 e. The van der Waals surface area contributed by atoms with Crippen LogP contribution in [0.2, 0.25) is 5.02 Å². The lowest BCUT2D eigenvalue weighted by Gasteiger charge is -2.25. The molecule has 1 aromatic heterocycles. The number of benzene rings is 2.